The summed E-state index contributed by atoms with van der Waals surface area (Å²) in [5, 5.41) is 11.3. The van der Waals surface area contributed by atoms with E-state index in [1.807, 2.05) is 0 Å². The number of ether oxygens (including phenoxy) is 2. The number of nitrogens with one attached hydrogen (secondary N) is 1. The number of carbonyl (C=O) groups excluding carboxylic acids is 2. The highest BCUT2D eigenvalue weighted by atomic mass is 16.6. The maximum absolute atomic E-state index is 11.6. The van der Waals surface area contributed by atoms with Crippen molar-refractivity contribution in [2.24, 2.45) is 0 Å². The highest BCUT2D eigenvalue weighted by Crippen LogP contribution is 2.10. The van der Waals surface area contributed by atoms with E-state index in [0.29, 0.717) is 0 Å². The minimum absolute atomic E-state index is 0.547. The van der Waals surface area contributed by atoms with E-state index in [1.165, 1.54) is 0 Å². The van der Waals surface area contributed by atoms with Gasteiger partial charge in [0, 0.05) is 0 Å². The molecule has 0 aromatic heterocycles. The second kappa shape index (κ2) is 6.04. The molecule has 106 valence electrons. The van der Waals surface area contributed by atoms with E-state index in [9.17, 15) is 9.59 Å². The second-order valence-corrected chi connectivity index (χ2v) is 5.91. The number of aliphatic hydroxyl groups excluding tert-OH is 1. The van der Waals surface area contributed by atoms with Crippen LogP contribution in [0.3, 0.4) is 0 Å². The Kier molecular flexibility index (Phi) is 5.60. The Bertz CT molecular complexity index is 301. The van der Waals surface area contributed by atoms with Gasteiger partial charge in [-0.05, 0) is 41.5 Å². The number of hydrogen-bond acceptors (Lipinski definition) is 5. The molecule has 0 fully saturated rings. The topological polar surface area (TPSA) is 84.9 Å². The van der Waals surface area contributed by atoms with Crippen LogP contribution in [0.2, 0.25) is 0 Å². The van der Waals surface area contributed by atoms with Crippen LogP contribution >= 0.6 is 0 Å². The van der Waals surface area contributed by atoms with E-state index in [1.54, 1.807) is 41.5 Å². The van der Waals surface area contributed by atoms with Crippen LogP contribution in [-0.2, 0) is 14.3 Å². The molecular formula is C12H23NO5. The van der Waals surface area contributed by atoms with E-state index in [0.717, 1.165) is 0 Å². The van der Waals surface area contributed by atoms with E-state index >= 15 is 0 Å². The first-order valence-electron chi connectivity index (χ1n) is 5.78. The number of amides is 1. The summed E-state index contributed by atoms with van der Waals surface area (Å²) in [6.07, 6.45) is -0.771. The summed E-state index contributed by atoms with van der Waals surface area (Å²) in [5.74, 6) is -0.698. The SMILES string of the molecule is CC(C)(C)OC(=O)N[C@@H](CO)C(=O)OC(C)(C)C. The average molecular weight is 261 g/mol. The van der Waals surface area contributed by atoms with E-state index in [-0.39, 0.29) is 0 Å². The molecule has 0 saturated heterocycles. The Labute approximate surface area is 108 Å². The van der Waals surface area contributed by atoms with Crippen LogP contribution in [-0.4, -0.2) is 41.0 Å². The summed E-state index contributed by atoms with van der Waals surface area (Å²) in [5.41, 5.74) is -1.35. The van der Waals surface area contributed by atoms with E-state index in [4.69, 9.17) is 14.6 Å². The standard InChI is InChI=1S/C12H23NO5/c1-11(2,3)17-9(15)8(7-14)13-10(16)18-12(4,5)6/h8,14H,7H2,1-6H3,(H,13,16)/t8-/m0/s1. The second-order valence-electron chi connectivity index (χ2n) is 5.91. The van der Waals surface area contributed by atoms with Crippen molar-refractivity contribution in [3.63, 3.8) is 0 Å². The van der Waals surface area contributed by atoms with Crippen LogP contribution in [0.15, 0.2) is 0 Å². The molecule has 0 aliphatic carbocycles. The van der Waals surface area contributed by atoms with Gasteiger partial charge in [0.15, 0.2) is 6.04 Å². The summed E-state index contributed by atoms with van der Waals surface area (Å²) in [4.78, 5) is 23.1. The minimum Gasteiger partial charge on any atom is -0.458 e. The third-order valence-electron chi connectivity index (χ3n) is 1.56. The predicted molar refractivity (Wildman–Crippen MR) is 66.1 cm³/mol. The third-order valence-corrected chi connectivity index (χ3v) is 1.56. The Morgan fingerprint density at radius 1 is 1.06 bits per heavy atom. The van der Waals surface area contributed by atoms with Gasteiger partial charge in [0.05, 0.1) is 6.61 Å². The monoisotopic (exact) mass is 261 g/mol. The lowest BCUT2D eigenvalue weighted by Crippen LogP contribution is -2.47. The average Bonchev–Trinajstić information content (AvgIpc) is 2.07. The van der Waals surface area contributed by atoms with Crippen LogP contribution < -0.4 is 5.32 Å². The predicted octanol–water partition coefficient (Wildman–Crippen LogP) is 1.21. The molecule has 0 rings (SSSR count). The maximum atomic E-state index is 11.6. The first-order valence-corrected chi connectivity index (χ1v) is 5.78. The van der Waals surface area contributed by atoms with Crippen molar-refractivity contribution in [1.29, 1.82) is 0 Å². The molecule has 0 aliphatic rings. The molecule has 0 aromatic rings. The van der Waals surface area contributed by atoms with Crippen molar-refractivity contribution in [3.8, 4) is 0 Å². The number of rotatable bonds is 3. The molecule has 6 nitrogen and oxygen atoms in total. The Balaban J connectivity index is 4.44. The summed E-state index contributed by atoms with van der Waals surface area (Å²) in [6.45, 7) is 9.66. The molecule has 0 unspecified atom stereocenters. The normalized spacial score (nSPS) is 13.7. The largest absolute Gasteiger partial charge is 0.458 e. The Morgan fingerprint density at radius 2 is 1.50 bits per heavy atom. The van der Waals surface area contributed by atoms with Crippen LogP contribution in [0.4, 0.5) is 4.79 Å². The van der Waals surface area contributed by atoms with Gasteiger partial charge in [0.1, 0.15) is 11.2 Å². The van der Waals surface area contributed by atoms with Crippen LogP contribution in [0.25, 0.3) is 0 Å². The summed E-state index contributed by atoms with van der Waals surface area (Å²) in [7, 11) is 0. The number of hydrogen-bond donors (Lipinski definition) is 2. The Morgan fingerprint density at radius 3 is 1.83 bits per heavy atom. The summed E-state index contributed by atoms with van der Waals surface area (Å²) >= 11 is 0. The Hall–Kier alpha value is -1.30. The van der Waals surface area contributed by atoms with Gasteiger partial charge in [-0.1, -0.05) is 0 Å². The third kappa shape index (κ3) is 7.89. The van der Waals surface area contributed by atoms with Gasteiger partial charge in [-0.25, -0.2) is 9.59 Å². The molecule has 0 saturated carbocycles. The van der Waals surface area contributed by atoms with Gasteiger partial charge in [-0.15, -0.1) is 0 Å². The molecule has 18 heavy (non-hydrogen) atoms. The van der Waals surface area contributed by atoms with Crippen molar-refractivity contribution < 1.29 is 24.2 Å². The molecule has 0 spiro atoms. The zero-order valence-electron chi connectivity index (χ0n) is 11.9. The van der Waals surface area contributed by atoms with Gasteiger partial charge in [-0.2, -0.15) is 0 Å². The zero-order chi connectivity index (χ0) is 14.6. The summed E-state index contributed by atoms with van der Waals surface area (Å²) < 4.78 is 10.0. The molecule has 0 aliphatic heterocycles. The van der Waals surface area contributed by atoms with E-state index in [2.05, 4.69) is 5.32 Å². The van der Waals surface area contributed by atoms with Crippen LogP contribution in [0.5, 0.6) is 0 Å². The van der Waals surface area contributed by atoms with Gasteiger partial charge >= 0.3 is 12.1 Å². The number of aliphatic hydroxyl groups is 1. The molecule has 6 heteroatoms. The van der Waals surface area contributed by atoms with Gasteiger partial charge < -0.3 is 19.9 Å². The lowest BCUT2D eigenvalue weighted by Gasteiger charge is -2.25. The highest BCUT2D eigenvalue weighted by molar-refractivity contribution is 5.81. The van der Waals surface area contributed by atoms with Crippen molar-refractivity contribution in [3.05, 3.63) is 0 Å². The molecule has 0 heterocycles. The van der Waals surface area contributed by atoms with Gasteiger partial charge in [0.25, 0.3) is 0 Å². The van der Waals surface area contributed by atoms with Gasteiger partial charge in [0.2, 0.25) is 0 Å². The molecule has 0 radical (unpaired) electrons. The molecule has 1 amide bonds. The lowest BCUT2D eigenvalue weighted by atomic mass is 10.2. The van der Waals surface area contributed by atoms with Gasteiger partial charge in [-0.3, -0.25) is 0 Å². The van der Waals surface area contributed by atoms with Crippen molar-refractivity contribution in [1.82, 2.24) is 5.32 Å². The van der Waals surface area contributed by atoms with Crippen molar-refractivity contribution in [2.45, 2.75) is 58.8 Å². The maximum Gasteiger partial charge on any atom is 0.408 e. The number of alkyl carbamates (subject to hydrolysis) is 1. The van der Waals surface area contributed by atoms with Crippen molar-refractivity contribution >= 4 is 12.1 Å². The fourth-order valence-corrected chi connectivity index (χ4v) is 1.00. The number of esters is 1. The fraction of sp³-hybridized carbons (Fsp3) is 0.833. The minimum atomic E-state index is -1.13. The molecule has 0 aromatic carbocycles. The molecule has 0 bridgehead atoms. The number of carbonyl (C=O) groups is 2. The molecular weight excluding hydrogens is 238 g/mol. The van der Waals surface area contributed by atoms with E-state index < -0.39 is 35.9 Å². The smallest absolute Gasteiger partial charge is 0.408 e. The summed E-state index contributed by atoms with van der Waals surface area (Å²) in [6, 6.07) is -1.13. The first-order chi connectivity index (χ1) is 7.94. The quantitative estimate of drug-likeness (QED) is 0.746. The lowest BCUT2D eigenvalue weighted by molar-refractivity contribution is -0.158. The fourth-order valence-electron chi connectivity index (χ4n) is 1.00. The van der Waals surface area contributed by atoms with Crippen LogP contribution in [0.1, 0.15) is 41.5 Å². The highest BCUT2D eigenvalue weighted by Gasteiger charge is 2.27. The zero-order valence-corrected chi connectivity index (χ0v) is 11.9. The molecule has 1 atom stereocenters. The van der Waals surface area contributed by atoms with Crippen LogP contribution in [0, 0.1) is 0 Å². The molecule has 2 N–H and O–H groups in total. The first kappa shape index (κ1) is 16.7. The van der Waals surface area contributed by atoms with Crippen molar-refractivity contribution in [2.75, 3.05) is 6.61 Å².